The normalized spacial score (nSPS) is 11.4. The SMILES string of the molecule is CCCCCCCCCCCCCCCCc1n(C)cc[n+]1CCCCCC. The Bertz CT molecular complexity index is 449. The third-order valence-corrected chi connectivity index (χ3v) is 6.22. The average Bonchev–Trinajstić information content (AvgIpc) is 3.05. The fourth-order valence-corrected chi connectivity index (χ4v) is 4.27. The number of unbranched alkanes of at least 4 members (excludes halogenated alkanes) is 16. The highest BCUT2D eigenvalue weighted by molar-refractivity contribution is 4.82. The molecule has 0 saturated heterocycles. The number of rotatable bonds is 20. The van der Waals surface area contributed by atoms with Gasteiger partial charge in [-0.15, -0.1) is 0 Å². The lowest BCUT2D eigenvalue weighted by Crippen LogP contribution is -2.37. The number of hydrogen-bond donors (Lipinski definition) is 0. The van der Waals surface area contributed by atoms with E-state index in [-0.39, 0.29) is 0 Å². The van der Waals surface area contributed by atoms with Gasteiger partial charge in [-0.25, -0.2) is 9.13 Å². The highest BCUT2D eigenvalue weighted by atomic mass is 15.1. The summed E-state index contributed by atoms with van der Waals surface area (Å²) in [6.07, 6.45) is 31.3. The highest BCUT2D eigenvalue weighted by Gasteiger charge is 2.13. The van der Waals surface area contributed by atoms with Gasteiger partial charge in [-0.1, -0.05) is 110 Å². The van der Waals surface area contributed by atoms with Crippen LogP contribution in [0.5, 0.6) is 0 Å². The van der Waals surface area contributed by atoms with Crippen molar-refractivity contribution in [3.8, 4) is 0 Å². The first-order chi connectivity index (χ1) is 13.8. The van der Waals surface area contributed by atoms with E-state index >= 15 is 0 Å². The molecule has 0 atom stereocenters. The molecule has 0 fully saturated rings. The first-order valence-electron chi connectivity index (χ1n) is 12.8. The lowest BCUT2D eigenvalue weighted by Gasteiger charge is -2.04. The van der Waals surface area contributed by atoms with Gasteiger partial charge in [-0.2, -0.15) is 0 Å². The molecule has 0 unspecified atom stereocenters. The number of aromatic nitrogens is 2. The summed E-state index contributed by atoms with van der Waals surface area (Å²) in [6, 6.07) is 0. The molecule has 1 rings (SSSR count). The van der Waals surface area contributed by atoms with Gasteiger partial charge in [-0.3, -0.25) is 0 Å². The van der Waals surface area contributed by atoms with Crippen molar-refractivity contribution in [3.63, 3.8) is 0 Å². The van der Waals surface area contributed by atoms with E-state index in [1.165, 1.54) is 134 Å². The van der Waals surface area contributed by atoms with Gasteiger partial charge in [0, 0.05) is 6.42 Å². The molecular weight excluding hydrogens is 340 g/mol. The van der Waals surface area contributed by atoms with Crippen LogP contribution in [0.1, 0.15) is 135 Å². The second-order valence-corrected chi connectivity index (χ2v) is 8.93. The minimum absolute atomic E-state index is 1.20. The van der Waals surface area contributed by atoms with Crippen LogP contribution in [0.2, 0.25) is 0 Å². The number of nitrogens with zero attached hydrogens (tertiary/aromatic N) is 2. The summed E-state index contributed by atoms with van der Waals surface area (Å²) >= 11 is 0. The standard InChI is InChI=1S/C26H51N2/c1-4-6-8-10-11-12-13-14-15-16-17-18-19-20-22-26-27(3)24-25-28(26)23-21-9-7-5-2/h24-25H,4-23H2,1-3H3/q+1. The summed E-state index contributed by atoms with van der Waals surface area (Å²) in [5.74, 6) is 1.52. The van der Waals surface area contributed by atoms with Crippen LogP contribution in [0.15, 0.2) is 12.4 Å². The quantitative estimate of drug-likeness (QED) is 0.158. The van der Waals surface area contributed by atoms with E-state index in [1.54, 1.807) is 0 Å². The fraction of sp³-hybridized carbons (Fsp3) is 0.885. The topological polar surface area (TPSA) is 8.81 Å². The predicted molar refractivity (Wildman–Crippen MR) is 124 cm³/mol. The van der Waals surface area contributed by atoms with Gasteiger partial charge in [0.05, 0.1) is 13.6 Å². The zero-order chi connectivity index (χ0) is 20.3. The summed E-state index contributed by atoms with van der Waals surface area (Å²) in [5, 5.41) is 0. The molecule has 1 aromatic rings. The molecule has 0 aromatic carbocycles. The maximum atomic E-state index is 2.50. The van der Waals surface area contributed by atoms with Crippen molar-refractivity contribution < 1.29 is 4.57 Å². The second-order valence-electron chi connectivity index (χ2n) is 8.93. The molecule has 0 N–H and O–H groups in total. The number of aryl methyl sites for hydroxylation is 2. The first kappa shape index (κ1) is 25.2. The van der Waals surface area contributed by atoms with Crippen molar-refractivity contribution in [1.82, 2.24) is 4.57 Å². The monoisotopic (exact) mass is 391 g/mol. The van der Waals surface area contributed by atoms with Gasteiger partial charge in [0.2, 0.25) is 0 Å². The summed E-state index contributed by atoms with van der Waals surface area (Å²) in [7, 11) is 2.21. The smallest absolute Gasteiger partial charge is 0.237 e. The molecule has 0 spiro atoms. The van der Waals surface area contributed by atoms with Crippen molar-refractivity contribution in [2.24, 2.45) is 7.05 Å². The Hall–Kier alpha value is -0.790. The van der Waals surface area contributed by atoms with Crippen LogP contribution in [0.4, 0.5) is 0 Å². The van der Waals surface area contributed by atoms with Crippen molar-refractivity contribution in [2.45, 2.75) is 142 Å². The average molecular weight is 392 g/mol. The van der Waals surface area contributed by atoms with Crippen LogP contribution in [0.3, 0.4) is 0 Å². The Morgan fingerprint density at radius 2 is 1.04 bits per heavy atom. The van der Waals surface area contributed by atoms with E-state index in [1.807, 2.05) is 0 Å². The maximum absolute atomic E-state index is 2.50. The van der Waals surface area contributed by atoms with E-state index in [0.717, 1.165) is 0 Å². The van der Waals surface area contributed by atoms with Crippen LogP contribution in [-0.4, -0.2) is 4.57 Å². The summed E-state index contributed by atoms with van der Waals surface area (Å²) < 4.78 is 4.83. The van der Waals surface area contributed by atoms with Crippen molar-refractivity contribution >= 4 is 0 Å². The van der Waals surface area contributed by atoms with E-state index in [2.05, 4.69) is 42.4 Å². The molecular formula is C26H51N2+. The van der Waals surface area contributed by atoms with Gasteiger partial charge in [0.15, 0.2) is 0 Å². The minimum atomic E-state index is 1.20. The predicted octanol–water partition coefficient (Wildman–Crippen LogP) is 7.92. The Morgan fingerprint density at radius 1 is 0.607 bits per heavy atom. The van der Waals surface area contributed by atoms with E-state index in [0.29, 0.717) is 0 Å². The lowest BCUT2D eigenvalue weighted by molar-refractivity contribution is -0.704. The molecule has 164 valence electrons. The zero-order valence-electron chi connectivity index (χ0n) is 19.7. The van der Waals surface area contributed by atoms with Crippen molar-refractivity contribution in [3.05, 3.63) is 18.2 Å². The van der Waals surface area contributed by atoms with Crippen molar-refractivity contribution in [1.29, 1.82) is 0 Å². The molecule has 1 heterocycles. The van der Waals surface area contributed by atoms with E-state index in [9.17, 15) is 0 Å². The molecule has 0 radical (unpaired) electrons. The van der Waals surface area contributed by atoms with E-state index < -0.39 is 0 Å². The van der Waals surface area contributed by atoms with Gasteiger partial charge < -0.3 is 0 Å². The third kappa shape index (κ3) is 12.6. The van der Waals surface area contributed by atoms with Crippen molar-refractivity contribution in [2.75, 3.05) is 0 Å². The van der Waals surface area contributed by atoms with Crippen LogP contribution in [-0.2, 0) is 20.0 Å². The van der Waals surface area contributed by atoms with Crippen LogP contribution < -0.4 is 4.57 Å². The van der Waals surface area contributed by atoms with Crippen LogP contribution in [0.25, 0.3) is 0 Å². The summed E-state index contributed by atoms with van der Waals surface area (Å²) in [6.45, 7) is 5.79. The molecule has 2 heteroatoms. The molecule has 0 aliphatic carbocycles. The highest BCUT2D eigenvalue weighted by Crippen LogP contribution is 2.13. The molecule has 0 aliphatic rings. The van der Waals surface area contributed by atoms with Crippen LogP contribution >= 0.6 is 0 Å². The first-order valence-corrected chi connectivity index (χ1v) is 12.8. The maximum Gasteiger partial charge on any atom is 0.256 e. The van der Waals surface area contributed by atoms with Gasteiger partial charge in [-0.05, 0) is 19.3 Å². The van der Waals surface area contributed by atoms with Gasteiger partial charge in [0.1, 0.15) is 12.4 Å². The number of hydrogen-bond acceptors (Lipinski definition) is 0. The largest absolute Gasteiger partial charge is 0.256 e. The molecule has 28 heavy (non-hydrogen) atoms. The molecule has 1 aromatic heterocycles. The zero-order valence-corrected chi connectivity index (χ0v) is 19.7. The van der Waals surface area contributed by atoms with E-state index in [4.69, 9.17) is 0 Å². The molecule has 0 saturated carbocycles. The van der Waals surface area contributed by atoms with Gasteiger partial charge >= 0.3 is 0 Å². The minimum Gasteiger partial charge on any atom is -0.237 e. The Morgan fingerprint density at radius 3 is 1.54 bits per heavy atom. The Kier molecular flexibility index (Phi) is 16.5. The fourth-order valence-electron chi connectivity index (χ4n) is 4.27. The van der Waals surface area contributed by atoms with Gasteiger partial charge in [0.25, 0.3) is 5.82 Å². The summed E-state index contributed by atoms with van der Waals surface area (Å²) in [5.41, 5.74) is 0. The number of imidazole rings is 1. The molecule has 0 bridgehead atoms. The molecule has 2 nitrogen and oxygen atoms in total. The lowest BCUT2D eigenvalue weighted by atomic mass is 10.0. The third-order valence-electron chi connectivity index (χ3n) is 6.22. The Balaban J connectivity index is 1.95. The summed E-state index contributed by atoms with van der Waals surface area (Å²) in [4.78, 5) is 0. The molecule has 0 aliphatic heterocycles. The Labute approximate surface area is 177 Å². The van der Waals surface area contributed by atoms with Crippen LogP contribution in [0, 0.1) is 0 Å². The molecule has 0 amide bonds. The second kappa shape index (κ2) is 18.3.